The molecule has 0 saturated heterocycles. The summed E-state index contributed by atoms with van der Waals surface area (Å²) in [5.74, 6) is -1.27. The van der Waals surface area contributed by atoms with Crippen molar-refractivity contribution in [1.82, 2.24) is 3.97 Å². The lowest BCUT2D eigenvalue weighted by Gasteiger charge is -2.10. The Labute approximate surface area is 137 Å². The maximum absolute atomic E-state index is 13.6. The second-order valence-corrected chi connectivity index (χ2v) is 6.86. The molecule has 0 saturated carbocycles. The molecule has 0 amide bonds. The molecule has 1 aromatic heterocycles. The molecule has 0 N–H and O–H groups in total. The molecule has 0 atom stereocenters. The van der Waals surface area contributed by atoms with Gasteiger partial charge in [0.05, 0.1) is 16.5 Å². The number of Topliss-reactive ketones (excluding diaryl/α,β-unsaturated/α-hetero) is 1. The van der Waals surface area contributed by atoms with Gasteiger partial charge < -0.3 is 0 Å². The van der Waals surface area contributed by atoms with Gasteiger partial charge in [0, 0.05) is 5.39 Å². The van der Waals surface area contributed by atoms with E-state index in [9.17, 15) is 17.6 Å². The van der Waals surface area contributed by atoms with Crippen LogP contribution in [0.2, 0.25) is 0 Å². The van der Waals surface area contributed by atoms with E-state index in [1.54, 1.807) is 24.3 Å². The number of benzene rings is 2. The molecule has 0 aliphatic rings. The molecule has 120 valence electrons. The van der Waals surface area contributed by atoms with Gasteiger partial charge in [0.1, 0.15) is 17.9 Å². The van der Waals surface area contributed by atoms with Crippen molar-refractivity contribution in [1.29, 1.82) is 5.26 Å². The molecule has 2 aromatic carbocycles. The molecule has 3 aromatic rings. The number of hydrogen-bond acceptors (Lipinski definition) is 4. The quantitative estimate of drug-likeness (QED) is 0.682. The number of carbonyl (C=O) groups excluding carboxylic acids is 1. The largest absolute Gasteiger partial charge is 0.291 e. The standard InChI is InChI=1S/C17H11FN2O3S/c18-13-7-6-12-10-16(17(21)8-9-19)20(15(12)11-13)24(22,23)14-4-2-1-3-5-14/h1-7,10-11H,8H2. The highest BCUT2D eigenvalue weighted by atomic mass is 32.2. The fourth-order valence-corrected chi connectivity index (χ4v) is 4.01. The van der Waals surface area contributed by atoms with Crippen LogP contribution >= 0.6 is 0 Å². The number of halogens is 1. The van der Waals surface area contributed by atoms with Gasteiger partial charge in [-0.3, -0.25) is 4.79 Å². The summed E-state index contributed by atoms with van der Waals surface area (Å²) in [5, 5.41) is 9.14. The van der Waals surface area contributed by atoms with Crippen molar-refractivity contribution in [3.05, 3.63) is 66.1 Å². The Morgan fingerprint density at radius 3 is 2.50 bits per heavy atom. The third kappa shape index (κ3) is 2.57. The number of aromatic nitrogens is 1. The van der Waals surface area contributed by atoms with Gasteiger partial charge in [0.15, 0.2) is 5.78 Å². The molecule has 0 aliphatic heterocycles. The Morgan fingerprint density at radius 1 is 1.12 bits per heavy atom. The molecule has 3 rings (SSSR count). The summed E-state index contributed by atoms with van der Waals surface area (Å²) in [4.78, 5) is 12.2. The lowest BCUT2D eigenvalue weighted by Crippen LogP contribution is -2.18. The van der Waals surface area contributed by atoms with Crippen LogP contribution in [-0.4, -0.2) is 18.2 Å². The highest BCUT2D eigenvalue weighted by molar-refractivity contribution is 7.90. The Kier molecular flexibility index (Phi) is 3.91. The first kappa shape index (κ1) is 15.9. The third-order valence-electron chi connectivity index (χ3n) is 3.53. The summed E-state index contributed by atoms with van der Waals surface area (Å²) in [6.45, 7) is 0. The normalized spacial score (nSPS) is 11.3. The predicted molar refractivity (Wildman–Crippen MR) is 85.5 cm³/mol. The molecule has 0 spiro atoms. The zero-order chi connectivity index (χ0) is 17.3. The van der Waals surface area contributed by atoms with Crippen molar-refractivity contribution in [3.8, 4) is 6.07 Å². The summed E-state index contributed by atoms with van der Waals surface area (Å²) in [6, 6.07) is 14.2. The van der Waals surface area contributed by atoms with Crippen LogP contribution in [0, 0.1) is 17.1 Å². The van der Waals surface area contributed by atoms with Crippen molar-refractivity contribution in [2.75, 3.05) is 0 Å². The highest BCUT2D eigenvalue weighted by Gasteiger charge is 2.26. The number of nitrogens with zero attached hydrogens (tertiary/aromatic N) is 2. The van der Waals surface area contributed by atoms with Crippen LogP contribution < -0.4 is 0 Å². The zero-order valence-corrected chi connectivity index (χ0v) is 13.1. The van der Waals surface area contributed by atoms with Gasteiger partial charge in [0.25, 0.3) is 10.0 Å². The monoisotopic (exact) mass is 342 g/mol. The van der Waals surface area contributed by atoms with Gasteiger partial charge in [-0.1, -0.05) is 18.2 Å². The van der Waals surface area contributed by atoms with Crippen LogP contribution in [0.25, 0.3) is 10.9 Å². The summed E-state index contributed by atoms with van der Waals surface area (Å²) in [6.07, 6.45) is -0.469. The van der Waals surface area contributed by atoms with Crippen molar-refractivity contribution in [2.24, 2.45) is 0 Å². The number of fused-ring (bicyclic) bond motifs is 1. The van der Waals surface area contributed by atoms with E-state index in [4.69, 9.17) is 5.26 Å². The first-order chi connectivity index (χ1) is 11.4. The average molecular weight is 342 g/mol. The number of hydrogen-bond donors (Lipinski definition) is 0. The van der Waals surface area contributed by atoms with Crippen molar-refractivity contribution >= 4 is 26.7 Å². The molecule has 0 bridgehead atoms. The van der Waals surface area contributed by atoms with E-state index in [0.29, 0.717) is 5.39 Å². The smallest absolute Gasteiger partial charge is 0.268 e. The third-order valence-corrected chi connectivity index (χ3v) is 5.27. The molecule has 0 aliphatic carbocycles. The summed E-state index contributed by atoms with van der Waals surface area (Å²) >= 11 is 0. The topological polar surface area (TPSA) is 79.9 Å². The van der Waals surface area contributed by atoms with Gasteiger partial charge in [-0.25, -0.2) is 16.8 Å². The second-order valence-electron chi connectivity index (χ2n) is 5.07. The van der Waals surface area contributed by atoms with E-state index < -0.39 is 28.0 Å². The minimum Gasteiger partial charge on any atom is -0.291 e. The van der Waals surface area contributed by atoms with E-state index in [2.05, 4.69) is 0 Å². The van der Waals surface area contributed by atoms with Crippen LogP contribution in [0.1, 0.15) is 16.9 Å². The van der Waals surface area contributed by atoms with Crippen LogP contribution in [-0.2, 0) is 10.0 Å². The summed E-state index contributed by atoms with van der Waals surface area (Å²) < 4.78 is 40.3. The lowest BCUT2D eigenvalue weighted by atomic mass is 10.2. The fraction of sp³-hybridized carbons (Fsp3) is 0.0588. The second kappa shape index (κ2) is 5.91. The number of ketones is 1. The molecule has 0 radical (unpaired) electrons. The minimum atomic E-state index is -4.11. The Hall–Kier alpha value is -2.98. The first-order valence-corrected chi connectivity index (χ1v) is 8.41. The number of carbonyl (C=O) groups is 1. The van der Waals surface area contributed by atoms with E-state index in [1.165, 1.54) is 30.3 Å². The molecule has 5 nitrogen and oxygen atoms in total. The van der Waals surface area contributed by atoms with Crippen molar-refractivity contribution in [2.45, 2.75) is 11.3 Å². The van der Waals surface area contributed by atoms with E-state index in [-0.39, 0.29) is 16.1 Å². The van der Waals surface area contributed by atoms with Crippen molar-refractivity contribution < 1.29 is 17.6 Å². The van der Waals surface area contributed by atoms with Crippen LogP contribution in [0.4, 0.5) is 4.39 Å². The van der Waals surface area contributed by atoms with Gasteiger partial charge in [-0.15, -0.1) is 0 Å². The van der Waals surface area contributed by atoms with Gasteiger partial charge in [-0.05, 0) is 36.4 Å². The highest BCUT2D eigenvalue weighted by Crippen LogP contribution is 2.27. The van der Waals surface area contributed by atoms with Gasteiger partial charge in [0.2, 0.25) is 0 Å². The molecule has 0 fully saturated rings. The SMILES string of the molecule is N#CCC(=O)c1cc2ccc(F)cc2n1S(=O)(=O)c1ccccc1. The first-order valence-electron chi connectivity index (χ1n) is 6.97. The molecule has 0 unspecified atom stereocenters. The molecular weight excluding hydrogens is 331 g/mol. The van der Waals surface area contributed by atoms with Gasteiger partial charge in [-0.2, -0.15) is 5.26 Å². The van der Waals surface area contributed by atoms with E-state index in [0.717, 1.165) is 10.0 Å². The van der Waals surface area contributed by atoms with Crippen LogP contribution in [0.15, 0.2) is 59.5 Å². The fourth-order valence-electron chi connectivity index (χ4n) is 2.46. The molecule has 7 heteroatoms. The summed E-state index contributed by atoms with van der Waals surface area (Å²) in [7, 11) is -4.11. The number of nitriles is 1. The number of rotatable bonds is 4. The van der Waals surface area contributed by atoms with E-state index >= 15 is 0 Å². The van der Waals surface area contributed by atoms with E-state index in [1.807, 2.05) is 0 Å². The minimum absolute atomic E-state index is 0.0298. The van der Waals surface area contributed by atoms with Gasteiger partial charge >= 0.3 is 0 Å². The molecule has 1 heterocycles. The lowest BCUT2D eigenvalue weighted by molar-refractivity contribution is 0.0992. The Bertz CT molecular complexity index is 1080. The Balaban J connectivity index is 2.37. The Morgan fingerprint density at radius 2 is 1.83 bits per heavy atom. The zero-order valence-electron chi connectivity index (χ0n) is 12.3. The van der Waals surface area contributed by atoms with Crippen LogP contribution in [0.3, 0.4) is 0 Å². The predicted octanol–water partition coefficient (Wildman–Crippen LogP) is 3.11. The maximum atomic E-state index is 13.6. The molecular formula is C17H11FN2O3S. The maximum Gasteiger partial charge on any atom is 0.268 e. The summed E-state index contributed by atoms with van der Waals surface area (Å²) in [5.41, 5.74) is -0.110. The average Bonchev–Trinajstić information content (AvgIpc) is 2.95. The van der Waals surface area contributed by atoms with Crippen molar-refractivity contribution in [3.63, 3.8) is 0 Å². The molecule has 24 heavy (non-hydrogen) atoms. The van der Waals surface area contributed by atoms with Crippen LogP contribution in [0.5, 0.6) is 0 Å².